The summed E-state index contributed by atoms with van der Waals surface area (Å²) in [6.45, 7) is 1.91. The summed E-state index contributed by atoms with van der Waals surface area (Å²) in [4.78, 5) is 4.12. The molecule has 1 aromatic heterocycles. The topological polar surface area (TPSA) is 38.9 Å². The number of aryl methyl sites for hydroxylation is 1. The smallest absolute Gasteiger partial charge is 0.137 e. The Balaban J connectivity index is 2.85. The molecule has 78 valence electrons. The van der Waals surface area contributed by atoms with Crippen LogP contribution in [-0.2, 0) is 6.42 Å². The molecule has 0 atom stereocenters. The lowest BCUT2D eigenvalue weighted by molar-refractivity contribution is 0.591. The molecule has 15 heavy (non-hydrogen) atoms. The average molecular weight is 208 g/mol. The highest BCUT2D eigenvalue weighted by atomic mass is 19.1. The van der Waals surface area contributed by atoms with Crippen LogP contribution >= 0.6 is 0 Å². The van der Waals surface area contributed by atoms with Crippen LogP contribution in [0.3, 0.4) is 0 Å². The molecule has 1 aromatic carbocycles. The lowest BCUT2D eigenvalue weighted by Gasteiger charge is -2.05. The summed E-state index contributed by atoms with van der Waals surface area (Å²) in [5, 5.41) is 0.189. The van der Waals surface area contributed by atoms with Crippen LogP contribution in [0.1, 0.15) is 12.6 Å². The van der Waals surface area contributed by atoms with Crippen LogP contribution in [0.4, 0.5) is 14.5 Å². The van der Waals surface area contributed by atoms with Crippen molar-refractivity contribution in [1.29, 1.82) is 0 Å². The monoisotopic (exact) mass is 208 g/mol. The predicted octanol–water partition coefficient (Wildman–Crippen LogP) is 2.66. The third-order valence-corrected chi connectivity index (χ3v) is 2.27. The summed E-state index contributed by atoms with van der Waals surface area (Å²) >= 11 is 0. The van der Waals surface area contributed by atoms with Crippen LogP contribution in [0.15, 0.2) is 18.2 Å². The zero-order chi connectivity index (χ0) is 11.0. The van der Waals surface area contributed by atoms with E-state index in [9.17, 15) is 8.78 Å². The Kier molecular flexibility index (Phi) is 2.26. The van der Waals surface area contributed by atoms with Gasteiger partial charge in [0.05, 0.1) is 10.9 Å². The molecule has 0 unspecified atom stereocenters. The first-order chi connectivity index (χ1) is 7.11. The SMILES string of the molecule is CCc1cc(N)c2c(F)cc(F)cc2n1. The van der Waals surface area contributed by atoms with Gasteiger partial charge in [0, 0.05) is 23.5 Å². The van der Waals surface area contributed by atoms with Gasteiger partial charge in [0.15, 0.2) is 0 Å². The number of halogens is 2. The minimum atomic E-state index is -0.669. The summed E-state index contributed by atoms with van der Waals surface area (Å²) < 4.78 is 26.3. The summed E-state index contributed by atoms with van der Waals surface area (Å²) in [6.07, 6.45) is 0.679. The fourth-order valence-corrected chi connectivity index (χ4v) is 1.55. The third kappa shape index (κ3) is 1.63. The standard InChI is InChI=1S/C11H10F2N2/c1-2-7-5-9(14)11-8(13)3-6(12)4-10(11)15-7/h3-5H,2H2,1H3,(H2,14,15). The van der Waals surface area contributed by atoms with E-state index in [1.54, 1.807) is 6.07 Å². The van der Waals surface area contributed by atoms with E-state index in [2.05, 4.69) is 4.98 Å². The molecule has 0 bridgehead atoms. The zero-order valence-corrected chi connectivity index (χ0v) is 8.22. The first-order valence-corrected chi connectivity index (χ1v) is 4.66. The maximum atomic E-state index is 13.4. The van der Waals surface area contributed by atoms with Gasteiger partial charge in [-0.1, -0.05) is 6.92 Å². The molecule has 0 fully saturated rings. The predicted molar refractivity (Wildman–Crippen MR) is 55.4 cm³/mol. The minimum Gasteiger partial charge on any atom is -0.398 e. The van der Waals surface area contributed by atoms with E-state index >= 15 is 0 Å². The molecular weight excluding hydrogens is 198 g/mol. The number of hydrogen-bond donors (Lipinski definition) is 1. The summed E-state index contributed by atoms with van der Waals surface area (Å²) in [7, 11) is 0. The number of aromatic nitrogens is 1. The molecule has 2 nitrogen and oxygen atoms in total. The fourth-order valence-electron chi connectivity index (χ4n) is 1.55. The summed E-state index contributed by atoms with van der Waals surface area (Å²) in [5.74, 6) is -1.31. The van der Waals surface area contributed by atoms with Gasteiger partial charge in [0.1, 0.15) is 11.6 Å². The molecule has 2 N–H and O–H groups in total. The van der Waals surface area contributed by atoms with E-state index in [0.29, 0.717) is 12.1 Å². The van der Waals surface area contributed by atoms with Crippen molar-refractivity contribution in [1.82, 2.24) is 4.98 Å². The Labute approximate surface area is 85.7 Å². The highest BCUT2D eigenvalue weighted by Crippen LogP contribution is 2.24. The largest absolute Gasteiger partial charge is 0.398 e. The van der Waals surface area contributed by atoms with Gasteiger partial charge in [-0.3, -0.25) is 4.98 Å². The molecule has 0 radical (unpaired) electrons. The summed E-state index contributed by atoms with van der Waals surface area (Å²) in [6, 6.07) is 3.61. The minimum absolute atomic E-state index is 0.189. The molecule has 1 heterocycles. The van der Waals surface area contributed by atoms with Crippen LogP contribution in [0.5, 0.6) is 0 Å². The van der Waals surface area contributed by atoms with Crippen molar-refractivity contribution >= 4 is 16.6 Å². The molecule has 2 rings (SSSR count). The number of anilines is 1. The van der Waals surface area contributed by atoms with E-state index < -0.39 is 11.6 Å². The number of benzene rings is 1. The van der Waals surface area contributed by atoms with Gasteiger partial charge in [-0.25, -0.2) is 8.78 Å². The van der Waals surface area contributed by atoms with Gasteiger partial charge in [0.2, 0.25) is 0 Å². The number of nitrogen functional groups attached to an aromatic ring is 1. The van der Waals surface area contributed by atoms with Crippen molar-refractivity contribution in [2.24, 2.45) is 0 Å². The molecule has 0 spiro atoms. The highest BCUT2D eigenvalue weighted by molar-refractivity contribution is 5.90. The van der Waals surface area contributed by atoms with Crippen molar-refractivity contribution in [3.63, 3.8) is 0 Å². The average Bonchev–Trinajstić information content (AvgIpc) is 2.15. The number of hydrogen-bond acceptors (Lipinski definition) is 2. The van der Waals surface area contributed by atoms with E-state index in [-0.39, 0.29) is 10.9 Å². The van der Waals surface area contributed by atoms with Gasteiger partial charge in [-0.2, -0.15) is 0 Å². The lowest BCUT2D eigenvalue weighted by atomic mass is 10.1. The second-order valence-corrected chi connectivity index (χ2v) is 3.34. The van der Waals surface area contributed by atoms with Crippen LogP contribution in [0, 0.1) is 11.6 Å². The van der Waals surface area contributed by atoms with Crippen LogP contribution in [0.25, 0.3) is 10.9 Å². The van der Waals surface area contributed by atoms with E-state index in [0.717, 1.165) is 11.8 Å². The van der Waals surface area contributed by atoms with E-state index in [1.165, 1.54) is 6.07 Å². The van der Waals surface area contributed by atoms with Crippen molar-refractivity contribution in [3.05, 3.63) is 35.5 Å². The quantitative estimate of drug-likeness (QED) is 0.782. The molecule has 0 saturated heterocycles. The van der Waals surface area contributed by atoms with Crippen molar-refractivity contribution in [2.75, 3.05) is 5.73 Å². The first kappa shape index (κ1) is 9.83. The van der Waals surface area contributed by atoms with Gasteiger partial charge in [-0.05, 0) is 12.5 Å². The van der Waals surface area contributed by atoms with Gasteiger partial charge >= 0.3 is 0 Å². The van der Waals surface area contributed by atoms with Gasteiger partial charge in [-0.15, -0.1) is 0 Å². The maximum Gasteiger partial charge on any atom is 0.137 e. The Morgan fingerprint density at radius 3 is 2.67 bits per heavy atom. The van der Waals surface area contributed by atoms with Crippen molar-refractivity contribution < 1.29 is 8.78 Å². The Morgan fingerprint density at radius 1 is 1.27 bits per heavy atom. The molecule has 0 aliphatic carbocycles. The van der Waals surface area contributed by atoms with Gasteiger partial charge in [0.25, 0.3) is 0 Å². The molecule has 0 amide bonds. The number of rotatable bonds is 1. The fraction of sp³-hybridized carbons (Fsp3) is 0.182. The third-order valence-electron chi connectivity index (χ3n) is 2.27. The zero-order valence-electron chi connectivity index (χ0n) is 8.22. The van der Waals surface area contributed by atoms with E-state index in [4.69, 9.17) is 5.73 Å². The highest BCUT2D eigenvalue weighted by Gasteiger charge is 2.09. The molecule has 0 saturated carbocycles. The number of nitrogens with two attached hydrogens (primary N) is 1. The molecule has 0 aliphatic rings. The molecule has 0 aliphatic heterocycles. The van der Waals surface area contributed by atoms with Crippen LogP contribution < -0.4 is 5.73 Å². The summed E-state index contributed by atoms with van der Waals surface area (Å²) in [5.41, 5.74) is 6.98. The number of pyridine rings is 1. The van der Waals surface area contributed by atoms with E-state index in [1.807, 2.05) is 6.92 Å². The number of fused-ring (bicyclic) bond motifs is 1. The molecule has 4 heteroatoms. The number of nitrogens with zero attached hydrogens (tertiary/aromatic N) is 1. The second kappa shape index (κ2) is 3.46. The Hall–Kier alpha value is -1.71. The van der Waals surface area contributed by atoms with Crippen molar-refractivity contribution in [2.45, 2.75) is 13.3 Å². The molecular formula is C11H10F2N2. The second-order valence-electron chi connectivity index (χ2n) is 3.34. The Morgan fingerprint density at radius 2 is 2.00 bits per heavy atom. The van der Waals surface area contributed by atoms with Crippen LogP contribution in [-0.4, -0.2) is 4.98 Å². The first-order valence-electron chi connectivity index (χ1n) is 4.66. The Bertz CT molecular complexity index is 523. The lowest BCUT2D eigenvalue weighted by Crippen LogP contribution is -1.97. The van der Waals surface area contributed by atoms with Gasteiger partial charge < -0.3 is 5.73 Å². The van der Waals surface area contributed by atoms with Crippen LogP contribution in [0.2, 0.25) is 0 Å². The normalized spacial score (nSPS) is 10.9. The molecule has 2 aromatic rings. The van der Waals surface area contributed by atoms with Crippen molar-refractivity contribution in [3.8, 4) is 0 Å². The maximum absolute atomic E-state index is 13.4.